The van der Waals surface area contributed by atoms with Gasteiger partial charge in [0.1, 0.15) is 5.75 Å². The zero-order valence-corrected chi connectivity index (χ0v) is 19.2. The summed E-state index contributed by atoms with van der Waals surface area (Å²) < 4.78 is 5.37. The van der Waals surface area contributed by atoms with Gasteiger partial charge in [0.2, 0.25) is 0 Å². The van der Waals surface area contributed by atoms with Crippen molar-refractivity contribution in [3.05, 3.63) is 65.2 Å². The van der Waals surface area contributed by atoms with Gasteiger partial charge >= 0.3 is 0 Å². The van der Waals surface area contributed by atoms with Gasteiger partial charge in [-0.2, -0.15) is 0 Å². The van der Waals surface area contributed by atoms with Crippen molar-refractivity contribution >= 4 is 11.9 Å². The van der Waals surface area contributed by atoms with E-state index in [1.54, 1.807) is 14.2 Å². The lowest BCUT2D eigenvalue weighted by molar-refractivity contribution is 0.0963. The third kappa shape index (κ3) is 7.61. The number of guanidine groups is 1. The first-order valence-corrected chi connectivity index (χ1v) is 10.6. The molecule has 31 heavy (non-hydrogen) atoms. The molecule has 1 amide bonds. The molecule has 0 saturated heterocycles. The van der Waals surface area contributed by atoms with Gasteiger partial charge < -0.3 is 25.6 Å². The van der Waals surface area contributed by atoms with E-state index < -0.39 is 0 Å². The van der Waals surface area contributed by atoms with Gasteiger partial charge in [-0.3, -0.25) is 9.79 Å². The van der Waals surface area contributed by atoms with E-state index in [4.69, 9.17) is 9.73 Å². The van der Waals surface area contributed by atoms with Crippen LogP contribution in [0.4, 0.5) is 0 Å². The second-order valence-corrected chi connectivity index (χ2v) is 7.43. The SMILES string of the molecule is CCNC(=NCC(c1cccc(OC)c1)N(C)C)NCCc1cccc(C(=O)NC)c1. The molecule has 1 atom stereocenters. The Balaban J connectivity index is 2.02. The molecule has 0 aliphatic rings. The number of aliphatic imine (C=N–C) groups is 1. The molecule has 2 aromatic rings. The Bertz CT molecular complexity index is 867. The summed E-state index contributed by atoms with van der Waals surface area (Å²) >= 11 is 0. The maximum atomic E-state index is 11.8. The van der Waals surface area contributed by atoms with Gasteiger partial charge in [0.25, 0.3) is 5.91 Å². The molecule has 0 radical (unpaired) electrons. The highest BCUT2D eigenvalue weighted by atomic mass is 16.5. The normalized spacial score (nSPS) is 12.4. The molecule has 0 heterocycles. The fraction of sp³-hybridized carbons (Fsp3) is 0.417. The summed E-state index contributed by atoms with van der Waals surface area (Å²) in [7, 11) is 7.43. The predicted molar refractivity (Wildman–Crippen MR) is 127 cm³/mol. The van der Waals surface area contributed by atoms with Crippen LogP contribution in [0, 0.1) is 0 Å². The van der Waals surface area contributed by atoms with Crippen molar-refractivity contribution in [1.82, 2.24) is 20.9 Å². The van der Waals surface area contributed by atoms with Crippen molar-refractivity contribution in [3.8, 4) is 5.75 Å². The van der Waals surface area contributed by atoms with E-state index in [1.165, 1.54) is 0 Å². The number of hydrogen-bond donors (Lipinski definition) is 3. The van der Waals surface area contributed by atoms with E-state index in [-0.39, 0.29) is 11.9 Å². The number of nitrogens with zero attached hydrogens (tertiary/aromatic N) is 2. The number of likely N-dealkylation sites (N-methyl/N-ethyl adjacent to an activating group) is 1. The van der Waals surface area contributed by atoms with E-state index in [2.05, 4.69) is 54.0 Å². The zero-order valence-electron chi connectivity index (χ0n) is 19.2. The van der Waals surface area contributed by atoms with Gasteiger partial charge in [0.15, 0.2) is 5.96 Å². The molecule has 0 aliphatic heterocycles. The maximum absolute atomic E-state index is 11.8. The quantitative estimate of drug-likeness (QED) is 0.403. The van der Waals surface area contributed by atoms with Crippen LogP contribution in [0.5, 0.6) is 5.75 Å². The van der Waals surface area contributed by atoms with Crippen LogP contribution in [0.15, 0.2) is 53.5 Å². The van der Waals surface area contributed by atoms with Crippen molar-refractivity contribution in [1.29, 1.82) is 0 Å². The first-order valence-electron chi connectivity index (χ1n) is 10.6. The standard InChI is InChI=1S/C24H35N5O2/c1-6-26-24(27-14-13-18-9-7-11-20(15-18)23(30)25-2)28-17-22(29(3)4)19-10-8-12-21(16-19)31-5/h7-12,15-16,22H,6,13-14,17H2,1-5H3,(H,25,30)(H2,26,27,28). The predicted octanol–water partition coefficient (Wildman–Crippen LogP) is 2.46. The van der Waals surface area contributed by atoms with Gasteiger partial charge in [-0.15, -0.1) is 0 Å². The number of benzene rings is 2. The second-order valence-electron chi connectivity index (χ2n) is 7.43. The molecule has 0 spiro atoms. The molecule has 7 nitrogen and oxygen atoms in total. The molecule has 0 aliphatic carbocycles. The summed E-state index contributed by atoms with van der Waals surface area (Å²) in [6.07, 6.45) is 0.794. The lowest BCUT2D eigenvalue weighted by atomic mass is 10.1. The number of amides is 1. The largest absolute Gasteiger partial charge is 0.497 e. The average molecular weight is 426 g/mol. The van der Waals surface area contributed by atoms with Crippen molar-refractivity contribution in [2.45, 2.75) is 19.4 Å². The third-order valence-electron chi connectivity index (χ3n) is 4.99. The highest BCUT2D eigenvalue weighted by Crippen LogP contribution is 2.22. The Morgan fingerprint density at radius 1 is 1.13 bits per heavy atom. The number of rotatable bonds is 10. The smallest absolute Gasteiger partial charge is 0.251 e. The Labute approximate surface area is 185 Å². The molecular weight excluding hydrogens is 390 g/mol. The van der Waals surface area contributed by atoms with Crippen molar-refractivity contribution in [2.24, 2.45) is 4.99 Å². The molecule has 7 heteroatoms. The van der Waals surface area contributed by atoms with E-state index in [1.807, 2.05) is 36.4 Å². The molecule has 2 rings (SSSR count). The lowest BCUT2D eigenvalue weighted by Crippen LogP contribution is -2.39. The molecule has 1 unspecified atom stereocenters. The summed E-state index contributed by atoms with van der Waals surface area (Å²) in [5, 5.41) is 9.36. The number of carbonyl (C=O) groups is 1. The molecule has 0 aromatic heterocycles. The van der Waals surface area contributed by atoms with Crippen LogP contribution in [-0.2, 0) is 6.42 Å². The van der Waals surface area contributed by atoms with Crippen LogP contribution < -0.4 is 20.7 Å². The second kappa shape index (κ2) is 12.6. The van der Waals surface area contributed by atoms with Crippen LogP contribution in [0.25, 0.3) is 0 Å². The molecule has 0 saturated carbocycles. The Hall–Kier alpha value is -3.06. The summed E-state index contributed by atoms with van der Waals surface area (Å²) in [5.41, 5.74) is 2.94. The minimum atomic E-state index is -0.0722. The first-order chi connectivity index (χ1) is 15.0. The minimum absolute atomic E-state index is 0.0722. The number of carbonyl (C=O) groups excluding carboxylic acids is 1. The molecular formula is C24H35N5O2. The maximum Gasteiger partial charge on any atom is 0.251 e. The molecule has 0 fully saturated rings. The topological polar surface area (TPSA) is 78.0 Å². The van der Waals surface area contributed by atoms with Gasteiger partial charge in [-0.05, 0) is 62.8 Å². The molecule has 168 valence electrons. The summed E-state index contributed by atoms with van der Waals surface area (Å²) in [6.45, 7) is 4.16. The zero-order chi connectivity index (χ0) is 22.6. The van der Waals surface area contributed by atoms with Gasteiger partial charge in [0.05, 0.1) is 19.7 Å². The van der Waals surface area contributed by atoms with Crippen LogP contribution in [0.1, 0.15) is 34.5 Å². The average Bonchev–Trinajstić information content (AvgIpc) is 2.78. The summed E-state index contributed by atoms with van der Waals surface area (Å²) in [4.78, 5) is 18.8. The lowest BCUT2D eigenvalue weighted by Gasteiger charge is -2.24. The Morgan fingerprint density at radius 2 is 1.90 bits per heavy atom. The van der Waals surface area contributed by atoms with Crippen LogP contribution >= 0.6 is 0 Å². The molecule has 0 bridgehead atoms. The van der Waals surface area contributed by atoms with Gasteiger partial charge in [-0.1, -0.05) is 24.3 Å². The van der Waals surface area contributed by atoms with E-state index in [0.717, 1.165) is 42.3 Å². The number of nitrogens with one attached hydrogen (secondary N) is 3. The third-order valence-corrected chi connectivity index (χ3v) is 4.99. The van der Waals surface area contributed by atoms with Crippen molar-refractivity contribution in [3.63, 3.8) is 0 Å². The van der Waals surface area contributed by atoms with Crippen molar-refractivity contribution < 1.29 is 9.53 Å². The molecule has 3 N–H and O–H groups in total. The van der Waals surface area contributed by atoms with Crippen LogP contribution in [0.2, 0.25) is 0 Å². The Morgan fingerprint density at radius 3 is 2.58 bits per heavy atom. The highest BCUT2D eigenvalue weighted by Gasteiger charge is 2.15. The van der Waals surface area contributed by atoms with E-state index in [9.17, 15) is 4.79 Å². The van der Waals surface area contributed by atoms with Crippen molar-refractivity contribution in [2.75, 3.05) is 47.9 Å². The minimum Gasteiger partial charge on any atom is -0.497 e. The monoisotopic (exact) mass is 425 g/mol. The van der Waals surface area contributed by atoms with Gasteiger partial charge in [0, 0.05) is 25.7 Å². The fourth-order valence-electron chi connectivity index (χ4n) is 3.27. The van der Waals surface area contributed by atoms with Crippen LogP contribution in [-0.4, -0.2) is 64.7 Å². The Kier molecular flexibility index (Phi) is 9.84. The number of hydrogen-bond acceptors (Lipinski definition) is 4. The van der Waals surface area contributed by atoms with Gasteiger partial charge in [-0.25, -0.2) is 0 Å². The first kappa shape index (κ1) is 24.2. The fourth-order valence-corrected chi connectivity index (χ4v) is 3.27. The summed E-state index contributed by atoms with van der Waals surface area (Å²) in [5.74, 6) is 1.55. The van der Waals surface area contributed by atoms with E-state index in [0.29, 0.717) is 12.1 Å². The van der Waals surface area contributed by atoms with E-state index >= 15 is 0 Å². The number of ether oxygens (including phenoxy) is 1. The number of methoxy groups -OCH3 is 1. The van der Waals surface area contributed by atoms with Crippen LogP contribution in [0.3, 0.4) is 0 Å². The summed E-state index contributed by atoms with van der Waals surface area (Å²) in [6, 6.07) is 15.9. The molecule has 2 aromatic carbocycles. The highest BCUT2D eigenvalue weighted by molar-refractivity contribution is 5.94.